The Morgan fingerprint density at radius 3 is 2.84 bits per heavy atom. The number of hydrogen-bond donors (Lipinski definition) is 1. The molecule has 0 amide bonds. The Balaban J connectivity index is 2.22. The van der Waals surface area contributed by atoms with Crippen LogP contribution in [0, 0.1) is 6.92 Å². The number of likely N-dealkylation sites (N-methyl/N-ethyl adjacent to an activating group) is 1. The van der Waals surface area contributed by atoms with Gasteiger partial charge in [-0.25, -0.2) is 13.4 Å². The zero-order valence-electron chi connectivity index (χ0n) is 11.8. The normalized spacial score (nSPS) is 21.1. The van der Waals surface area contributed by atoms with E-state index in [9.17, 15) is 8.42 Å². The molecule has 7 heteroatoms. The van der Waals surface area contributed by atoms with Crippen LogP contribution in [0.3, 0.4) is 0 Å². The average Bonchev–Trinajstić information content (AvgIpc) is 2.98. The molecule has 2 rings (SSSR count). The molecule has 1 saturated heterocycles. The van der Waals surface area contributed by atoms with Gasteiger partial charge in [-0.15, -0.1) is 0 Å². The van der Waals surface area contributed by atoms with E-state index >= 15 is 0 Å². The van der Waals surface area contributed by atoms with E-state index in [1.54, 1.807) is 6.20 Å². The number of nitrogens with zero attached hydrogens (tertiary/aromatic N) is 3. The minimum atomic E-state index is -3.44. The standard InChI is InChI=1S/C12H22N4O2S/c1-4-6-15-9-12(14-10(15)2)19(17,18)16-7-5-11(8-16)13-3/h9,11,13H,4-8H2,1-3H3. The first kappa shape index (κ1) is 14.5. The smallest absolute Gasteiger partial charge is 0.262 e. The molecule has 1 unspecified atom stereocenters. The molecule has 1 fully saturated rings. The summed E-state index contributed by atoms with van der Waals surface area (Å²) in [5.41, 5.74) is 0. The zero-order chi connectivity index (χ0) is 14.0. The van der Waals surface area contributed by atoms with E-state index in [-0.39, 0.29) is 11.1 Å². The van der Waals surface area contributed by atoms with Gasteiger partial charge < -0.3 is 9.88 Å². The third-order valence-electron chi connectivity index (χ3n) is 3.58. The molecule has 0 saturated carbocycles. The predicted molar refractivity (Wildman–Crippen MR) is 73.5 cm³/mol. The highest BCUT2D eigenvalue weighted by molar-refractivity contribution is 7.89. The fourth-order valence-electron chi connectivity index (χ4n) is 2.39. The SMILES string of the molecule is CCCn1cc(S(=O)(=O)N2CCC(NC)C2)nc1C. The molecule has 0 bridgehead atoms. The molecular weight excluding hydrogens is 264 g/mol. The molecule has 1 aliphatic heterocycles. The van der Waals surface area contributed by atoms with Gasteiger partial charge in [-0.1, -0.05) is 6.92 Å². The Hall–Kier alpha value is -0.920. The minimum absolute atomic E-state index is 0.176. The van der Waals surface area contributed by atoms with Crippen molar-refractivity contribution in [3.8, 4) is 0 Å². The predicted octanol–water partition coefficient (Wildman–Crippen LogP) is 0.584. The van der Waals surface area contributed by atoms with Gasteiger partial charge in [-0.2, -0.15) is 4.31 Å². The van der Waals surface area contributed by atoms with Crippen LogP contribution in [0.2, 0.25) is 0 Å². The molecule has 0 spiro atoms. The van der Waals surface area contributed by atoms with Gasteiger partial charge in [0, 0.05) is 31.9 Å². The highest BCUT2D eigenvalue weighted by Crippen LogP contribution is 2.20. The van der Waals surface area contributed by atoms with Gasteiger partial charge in [0.25, 0.3) is 10.0 Å². The number of sulfonamides is 1. The maximum absolute atomic E-state index is 12.5. The summed E-state index contributed by atoms with van der Waals surface area (Å²) in [7, 11) is -1.58. The summed E-state index contributed by atoms with van der Waals surface area (Å²) in [6, 6.07) is 0.244. The molecule has 1 atom stereocenters. The molecule has 1 aliphatic rings. The molecule has 108 valence electrons. The highest BCUT2D eigenvalue weighted by atomic mass is 32.2. The van der Waals surface area contributed by atoms with Crippen molar-refractivity contribution >= 4 is 10.0 Å². The van der Waals surface area contributed by atoms with Gasteiger partial charge in [0.2, 0.25) is 0 Å². The van der Waals surface area contributed by atoms with E-state index in [1.165, 1.54) is 4.31 Å². The summed E-state index contributed by atoms with van der Waals surface area (Å²) >= 11 is 0. The quantitative estimate of drug-likeness (QED) is 0.860. The summed E-state index contributed by atoms with van der Waals surface area (Å²) in [5.74, 6) is 0.754. The molecule has 6 nitrogen and oxygen atoms in total. The summed E-state index contributed by atoms with van der Waals surface area (Å²) in [4.78, 5) is 4.21. The Kier molecular flexibility index (Phi) is 4.27. The van der Waals surface area contributed by atoms with Crippen LogP contribution in [0.4, 0.5) is 0 Å². The Bertz CT molecular complexity index is 538. The topological polar surface area (TPSA) is 67.2 Å². The Morgan fingerprint density at radius 1 is 1.53 bits per heavy atom. The van der Waals surface area contributed by atoms with Crippen molar-refractivity contribution in [1.29, 1.82) is 0 Å². The first-order valence-corrected chi connectivity index (χ1v) is 8.14. The van der Waals surface area contributed by atoms with Gasteiger partial charge in [0.05, 0.1) is 0 Å². The molecular formula is C12H22N4O2S. The van der Waals surface area contributed by atoms with Crippen molar-refractivity contribution in [1.82, 2.24) is 19.2 Å². The fraction of sp³-hybridized carbons (Fsp3) is 0.750. The van der Waals surface area contributed by atoms with Crippen LogP contribution >= 0.6 is 0 Å². The van der Waals surface area contributed by atoms with Crippen LogP contribution in [-0.2, 0) is 16.6 Å². The molecule has 1 aromatic heterocycles. The lowest BCUT2D eigenvalue weighted by Crippen LogP contribution is -2.33. The molecule has 0 aromatic carbocycles. The first-order chi connectivity index (χ1) is 8.98. The van der Waals surface area contributed by atoms with E-state index in [2.05, 4.69) is 17.2 Å². The lowest BCUT2D eigenvalue weighted by molar-refractivity contribution is 0.462. The van der Waals surface area contributed by atoms with Crippen molar-refractivity contribution in [2.75, 3.05) is 20.1 Å². The van der Waals surface area contributed by atoms with Gasteiger partial charge >= 0.3 is 0 Å². The Labute approximate surface area is 114 Å². The number of aryl methyl sites for hydroxylation is 2. The largest absolute Gasteiger partial charge is 0.334 e. The van der Waals surface area contributed by atoms with Crippen molar-refractivity contribution < 1.29 is 8.42 Å². The fourth-order valence-corrected chi connectivity index (χ4v) is 3.88. The number of hydrogen-bond acceptors (Lipinski definition) is 4. The second kappa shape index (κ2) is 5.60. The van der Waals surface area contributed by atoms with Crippen molar-refractivity contribution in [3.63, 3.8) is 0 Å². The van der Waals surface area contributed by atoms with Crippen LogP contribution in [-0.4, -0.2) is 48.5 Å². The van der Waals surface area contributed by atoms with Gasteiger partial charge in [0.1, 0.15) is 5.82 Å². The van der Waals surface area contributed by atoms with E-state index in [0.717, 1.165) is 25.2 Å². The summed E-state index contributed by atoms with van der Waals surface area (Å²) in [6.07, 6.45) is 3.47. The molecule has 2 heterocycles. The molecule has 1 aromatic rings. The van der Waals surface area contributed by atoms with Crippen LogP contribution in [0.15, 0.2) is 11.2 Å². The third kappa shape index (κ3) is 2.82. The van der Waals surface area contributed by atoms with Crippen molar-refractivity contribution in [3.05, 3.63) is 12.0 Å². The van der Waals surface area contributed by atoms with Gasteiger partial charge in [-0.05, 0) is 26.8 Å². The third-order valence-corrected chi connectivity index (χ3v) is 5.32. The zero-order valence-corrected chi connectivity index (χ0v) is 12.6. The van der Waals surface area contributed by atoms with Gasteiger partial charge in [0.15, 0.2) is 5.03 Å². The van der Waals surface area contributed by atoms with Crippen LogP contribution < -0.4 is 5.32 Å². The lowest BCUT2D eigenvalue weighted by atomic mass is 10.3. The minimum Gasteiger partial charge on any atom is -0.334 e. The monoisotopic (exact) mass is 286 g/mol. The number of imidazole rings is 1. The molecule has 1 N–H and O–H groups in total. The number of aromatic nitrogens is 2. The second-order valence-corrected chi connectivity index (χ2v) is 6.84. The first-order valence-electron chi connectivity index (χ1n) is 6.70. The maximum Gasteiger partial charge on any atom is 0.262 e. The van der Waals surface area contributed by atoms with E-state index in [1.807, 2.05) is 18.5 Å². The number of rotatable bonds is 5. The maximum atomic E-state index is 12.5. The number of nitrogens with one attached hydrogen (secondary N) is 1. The van der Waals surface area contributed by atoms with E-state index in [4.69, 9.17) is 0 Å². The van der Waals surface area contributed by atoms with Crippen LogP contribution in [0.1, 0.15) is 25.6 Å². The van der Waals surface area contributed by atoms with Crippen molar-refractivity contribution in [2.45, 2.75) is 44.3 Å². The molecule has 0 radical (unpaired) electrons. The van der Waals surface area contributed by atoms with Crippen LogP contribution in [0.5, 0.6) is 0 Å². The summed E-state index contributed by atoms with van der Waals surface area (Å²) < 4.78 is 28.4. The Morgan fingerprint density at radius 2 is 2.26 bits per heavy atom. The summed E-state index contributed by atoms with van der Waals surface area (Å²) in [5, 5.41) is 3.30. The lowest BCUT2D eigenvalue weighted by Gasteiger charge is -2.14. The van der Waals surface area contributed by atoms with Crippen molar-refractivity contribution in [2.24, 2.45) is 0 Å². The van der Waals surface area contributed by atoms with Crippen LogP contribution in [0.25, 0.3) is 0 Å². The highest BCUT2D eigenvalue weighted by Gasteiger charge is 2.33. The van der Waals surface area contributed by atoms with E-state index < -0.39 is 10.0 Å². The van der Waals surface area contributed by atoms with E-state index in [0.29, 0.717) is 13.1 Å². The van der Waals surface area contributed by atoms with Gasteiger partial charge in [-0.3, -0.25) is 0 Å². The molecule has 0 aliphatic carbocycles. The molecule has 19 heavy (non-hydrogen) atoms. The second-order valence-electron chi connectivity index (χ2n) is 4.96. The summed E-state index contributed by atoms with van der Waals surface area (Å²) in [6.45, 7) is 5.79. The average molecular weight is 286 g/mol.